The molecule has 1 aromatic carbocycles. The molecule has 144 valence electrons. The highest BCUT2D eigenvalue weighted by atomic mass is 16.6. The predicted molar refractivity (Wildman–Crippen MR) is 106 cm³/mol. The number of hydrogen-bond donors (Lipinski definition) is 2. The normalized spacial score (nSPS) is 23.4. The van der Waals surface area contributed by atoms with Crippen LogP contribution >= 0.6 is 0 Å². The molecule has 0 bridgehead atoms. The minimum atomic E-state index is -0.475. The zero-order valence-electron chi connectivity index (χ0n) is 15.7. The zero-order chi connectivity index (χ0) is 19.4. The first-order valence-corrected chi connectivity index (χ1v) is 9.91. The molecule has 0 radical (unpaired) electrons. The number of rotatable bonds is 2. The van der Waals surface area contributed by atoms with Crippen LogP contribution in [0.15, 0.2) is 48.8 Å². The molecule has 1 saturated carbocycles. The predicted octanol–water partition coefficient (Wildman–Crippen LogP) is 4.07. The van der Waals surface area contributed by atoms with Crippen LogP contribution in [0.1, 0.15) is 53.3 Å². The fourth-order valence-electron chi connectivity index (χ4n) is 4.69. The lowest BCUT2D eigenvalue weighted by Crippen LogP contribution is -2.31. The Morgan fingerprint density at radius 1 is 1.07 bits per heavy atom. The first-order chi connectivity index (χ1) is 14.2. The van der Waals surface area contributed by atoms with Gasteiger partial charge in [-0.1, -0.05) is 18.2 Å². The van der Waals surface area contributed by atoms with E-state index < -0.39 is 5.60 Å². The molecule has 1 aliphatic carbocycles. The van der Waals surface area contributed by atoms with Crippen molar-refractivity contribution >= 4 is 17.1 Å². The molecule has 7 heteroatoms. The van der Waals surface area contributed by atoms with Gasteiger partial charge < -0.3 is 14.7 Å². The summed E-state index contributed by atoms with van der Waals surface area (Å²) in [6.07, 6.45) is 7.05. The maximum atomic E-state index is 12.3. The summed E-state index contributed by atoms with van der Waals surface area (Å²) in [7, 11) is 0. The Bertz CT molecular complexity index is 1220. The van der Waals surface area contributed by atoms with Crippen molar-refractivity contribution in [3.8, 4) is 11.5 Å². The van der Waals surface area contributed by atoms with Gasteiger partial charge in [0.1, 0.15) is 16.9 Å². The summed E-state index contributed by atoms with van der Waals surface area (Å²) < 4.78 is 5.87. The molecule has 2 N–H and O–H groups in total. The van der Waals surface area contributed by atoms with E-state index in [0.717, 1.165) is 48.3 Å². The quantitative estimate of drug-likeness (QED) is 0.507. The van der Waals surface area contributed by atoms with Crippen LogP contribution in [0.3, 0.4) is 0 Å². The maximum absolute atomic E-state index is 12.3. The number of benzene rings is 1. The van der Waals surface area contributed by atoms with Gasteiger partial charge in [-0.05, 0) is 43.9 Å². The molecule has 2 aliphatic rings. The SMILES string of the molecule is O=C1OC2(CCC(c3nc4nc(-c5ccc[nH]5)ncc4[nH]3)CC2)c2ccccc21. The van der Waals surface area contributed by atoms with E-state index in [1.54, 1.807) is 6.20 Å². The fourth-order valence-corrected chi connectivity index (χ4v) is 4.69. The van der Waals surface area contributed by atoms with Crippen LogP contribution in [-0.4, -0.2) is 30.9 Å². The lowest BCUT2D eigenvalue weighted by molar-refractivity contribution is -0.0312. The molecular weight excluding hydrogens is 366 g/mol. The van der Waals surface area contributed by atoms with Gasteiger partial charge in [0, 0.05) is 17.7 Å². The summed E-state index contributed by atoms with van der Waals surface area (Å²) in [6.45, 7) is 0. The number of esters is 1. The van der Waals surface area contributed by atoms with E-state index in [-0.39, 0.29) is 11.9 Å². The molecular formula is C22H19N5O2. The lowest BCUT2D eigenvalue weighted by atomic mass is 9.75. The summed E-state index contributed by atoms with van der Waals surface area (Å²) in [5.74, 6) is 1.66. The monoisotopic (exact) mass is 385 g/mol. The van der Waals surface area contributed by atoms with E-state index in [2.05, 4.69) is 19.9 Å². The van der Waals surface area contributed by atoms with Gasteiger partial charge in [0.15, 0.2) is 11.5 Å². The molecule has 4 heterocycles. The Morgan fingerprint density at radius 3 is 2.76 bits per heavy atom. The van der Waals surface area contributed by atoms with Gasteiger partial charge in [0.05, 0.1) is 17.5 Å². The molecule has 0 unspecified atom stereocenters. The highest BCUT2D eigenvalue weighted by Crippen LogP contribution is 2.49. The molecule has 0 atom stereocenters. The van der Waals surface area contributed by atoms with Gasteiger partial charge in [0.2, 0.25) is 0 Å². The third-order valence-electron chi connectivity index (χ3n) is 6.20. The van der Waals surface area contributed by atoms with Crippen molar-refractivity contribution in [2.75, 3.05) is 0 Å². The summed E-state index contributed by atoms with van der Waals surface area (Å²) in [4.78, 5) is 32.6. The number of nitrogens with one attached hydrogen (secondary N) is 2. The number of carbonyl (C=O) groups excluding carboxylic acids is 1. The number of ether oxygens (including phenoxy) is 1. The second kappa shape index (κ2) is 6.01. The largest absolute Gasteiger partial charge is 0.451 e. The van der Waals surface area contributed by atoms with Gasteiger partial charge in [-0.15, -0.1) is 0 Å². The lowest BCUT2D eigenvalue weighted by Gasteiger charge is -2.35. The van der Waals surface area contributed by atoms with E-state index in [4.69, 9.17) is 9.72 Å². The molecule has 3 aromatic heterocycles. The number of nitrogens with zero attached hydrogens (tertiary/aromatic N) is 3. The minimum absolute atomic E-state index is 0.199. The van der Waals surface area contributed by atoms with Gasteiger partial charge in [-0.25, -0.2) is 19.7 Å². The van der Waals surface area contributed by atoms with Crippen molar-refractivity contribution in [2.24, 2.45) is 0 Å². The summed E-state index contributed by atoms with van der Waals surface area (Å²) in [5.41, 5.74) is 3.66. The maximum Gasteiger partial charge on any atom is 0.339 e. The van der Waals surface area contributed by atoms with E-state index >= 15 is 0 Å². The van der Waals surface area contributed by atoms with Crippen molar-refractivity contribution in [2.45, 2.75) is 37.2 Å². The second-order valence-electron chi connectivity index (χ2n) is 7.84. The number of hydrogen-bond acceptors (Lipinski definition) is 5. The van der Waals surface area contributed by atoms with Crippen LogP contribution in [0.4, 0.5) is 0 Å². The second-order valence-corrected chi connectivity index (χ2v) is 7.84. The molecule has 0 saturated heterocycles. The molecule has 1 fully saturated rings. The van der Waals surface area contributed by atoms with Crippen molar-refractivity contribution < 1.29 is 9.53 Å². The molecule has 1 aliphatic heterocycles. The van der Waals surface area contributed by atoms with Crippen molar-refractivity contribution in [1.82, 2.24) is 24.9 Å². The van der Waals surface area contributed by atoms with Gasteiger partial charge in [0.25, 0.3) is 0 Å². The molecule has 1 spiro atoms. The Hall–Kier alpha value is -3.48. The smallest absolute Gasteiger partial charge is 0.339 e. The Kier molecular flexibility index (Phi) is 3.41. The van der Waals surface area contributed by atoms with Crippen molar-refractivity contribution in [3.63, 3.8) is 0 Å². The van der Waals surface area contributed by atoms with E-state index in [1.807, 2.05) is 42.6 Å². The van der Waals surface area contributed by atoms with Gasteiger partial charge in [-0.3, -0.25) is 0 Å². The van der Waals surface area contributed by atoms with E-state index in [9.17, 15) is 4.79 Å². The number of H-pyrrole nitrogens is 2. The highest BCUT2D eigenvalue weighted by Gasteiger charge is 2.47. The molecule has 0 amide bonds. The van der Waals surface area contributed by atoms with Crippen LogP contribution in [0.5, 0.6) is 0 Å². The van der Waals surface area contributed by atoms with Gasteiger partial charge >= 0.3 is 5.97 Å². The third-order valence-corrected chi connectivity index (χ3v) is 6.20. The first kappa shape index (κ1) is 16.5. The number of aromatic nitrogens is 5. The summed E-state index contributed by atoms with van der Waals surface area (Å²) >= 11 is 0. The molecule has 6 rings (SSSR count). The molecule has 7 nitrogen and oxygen atoms in total. The molecule has 29 heavy (non-hydrogen) atoms. The Morgan fingerprint density at radius 2 is 1.93 bits per heavy atom. The number of imidazole rings is 1. The van der Waals surface area contributed by atoms with Crippen LogP contribution < -0.4 is 0 Å². The third kappa shape index (κ3) is 2.50. The summed E-state index contributed by atoms with van der Waals surface area (Å²) in [5, 5.41) is 0. The molecule has 4 aromatic rings. The fraction of sp³-hybridized carbons (Fsp3) is 0.273. The Balaban J connectivity index is 1.27. The van der Waals surface area contributed by atoms with Crippen LogP contribution in [-0.2, 0) is 10.3 Å². The first-order valence-electron chi connectivity index (χ1n) is 9.91. The number of fused-ring (bicyclic) bond motifs is 3. The number of carbonyl (C=O) groups is 1. The van der Waals surface area contributed by atoms with Crippen LogP contribution in [0, 0.1) is 0 Å². The van der Waals surface area contributed by atoms with Crippen molar-refractivity contribution in [3.05, 3.63) is 65.7 Å². The highest BCUT2D eigenvalue weighted by molar-refractivity contribution is 5.94. The number of aromatic amines is 2. The van der Waals surface area contributed by atoms with Crippen molar-refractivity contribution in [1.29, 1.82) is 0 Å². The average Bonchev–Trinajstić information content (AvgIpc) is 3.48. The standard InChI is InChI=1S/C22H19N5O2/c28-21-14-4-1-2-5-15(14)22(29-21)9-7-13(8-10-22)18-25-17-12-24-19(27-20(17)26-18)16-6-3-11-23-16/h1-6,11-13,23H,7-10H2,(H,24,25,26,27). The minimum Gasteiger partial charge on any atom is -0.451 e. The summed E-state index contributed by atoms with van der Waals surface area (Å²) in [6, 6.07) is 11.6. The average molecular weight is 385 g/mol. The van der Waals surface area contributed by atoms with Gasteiger partial charge in [-0.2, -0.15) is 0 Å². The van der Waals surface area contributed by atoms with Crippen LogP contribution in [0.25, 0.3) is 22.7 Å². The zero-order valence-corrected chi connectivity index (χ0v) is 15.7. The van der Waals surface area contributed by atoms with E-state index in [0.29, 0.717) is 17.0 Å². The topological polar surface area (TPSA) is 96.6 Å². The van der Waals surface area contributed by atoms with Crippen LogP contribution in [0.2, 0.25) is 0 Å². The van der Waals surface area contributed by atoms with E-state index in [1.165, 1.54) is 0 Å². The Labute approximate surface area is 166 Å².